The number of hydrogen-bond donors (Lipinski definition) is 5. The van der Waals surface area contributed by atoms with Crippen molar-refractivity contribution in [1.29, 1.82) is 0 Å². The molecule has 2 unspecified atom stereocenters. The smallest absolute Gasteiger partial charge is 0.325 e. The molecule has 13 heteroatoms. The van der Waals surface area contributed by atoms with E-state index in [9.17, 15) is 19.2 Å². The molecule has 1 saturated heterocycles. The quantitative estimate of drug-likeness (QED) is 0.323. The zero-order chi connectivity index (χ0) is 26.0. The van der Waals surface area contributed by atoms with E-state index in [0.29, 0.717) is 29.1 Å². The highest BCUT2D eigenvalue weighted by molar-refractivity contribution is 5.15. The van der Waals surface area contributed by atoms with Crippen LogP contribution >= 0.6 is 0 Å². The fraction of sp³-hybridized carbons (Fsp3) is 0.455. The van der Waals surface area contributed by atoms with Gasteiger partial charge in [-0.3, -0.25) is 19.6 Å². The highest BCUT2D eigenvalue weighted by Crippen LogP contribution is 2.19. The molecule has 1 fully saturated rings. The summed E-state index contributed by atoms with van der Waals surface area (Å²) in [5, 5.41) is 0. The number of hydrogen-bond acceptors (Lipinski definition) is 8. The van der Waals surface area contributed by atoms with Gasteiger partial charge in [-0.2, -0.15) is 0 Å². The van der Waals surface area contributed by atoms with Crippen LogP contribution in [0.15, 0.2) is 43.7 Å². The van der Waals surface area contributed by atoms with Crippen LogP contribution in [0.1, 0.15) is 35.4 Å². The molecule has 2 atom stereocenters. The summed E-state index contributed by atoms with van der Waals surface area (Å²) in [6.07, 6.45) is 5.53. The third kappa shape index (κ3) is 8.33. The number of nitrogens with two attached hydrogens (primary N) is 1. The van der Waals surface area contributed by atoms with E-state index < -0.39 is 11.4 Å². The lowest BCUT2D eigenvalue weighted by Crippen LogP contribution is -2.27. The van der Waals surface area contributed by atoms with E-state index in [1.54, 1.807) is 28.1 Å². The molecule has 4 rings (SSSR count). The number of nitrogens with one attached hydrogen (secondary N) is 4. The van der Waals surface area contributed by atoms with Gasteiger partial charge in [-0.05, 0) is 26.0 Å². The Balaban J connectivity index is 0.000000193. The fourth-order valence-corrected chi connectivity index (χ4v) is 3.14. The lowest BCUT2D eigenvalue weighted by Gasteiger charge is -2.09. The predicted octanol–water partition coefficient (Wildman–Crippen LogP) is -0.206. The molecule has 4 heterocycles. The maximum atomic E-state index is 11.3. The number of nitrogens with zero attached hydrogens (tertiary/aromatic N) is 1. The van der Waals surface area contributed by atoms with E-state index in [4.69, 9.17) is 19.9 Å². The molecule has 1 aliphatic heterocycles. The molecule has 0 saturated carbocycles. The van der Waals surface area contributed by atoms with Gasteiger partial charge in [0.1, 0.15) is 0 Å². The zero-order valence-corrected chi connectivity index (χ0v) is 20.2. The monoisotopic (exact) mass is 492 g/mol. The van der Waals surface area contributed by atoms with Gasteiger partial charge in [0.25, 0.3) is 11.1 Å². The normalized spacial score (nSPS) is 16.7. The molecular formula is C22H32N6O7. The van der Waals surface area contributed by atoms with Crippen molar-refractivity contribution in [3.8, 4) is 0 Å². The van der Waals surface area contributed by atoms with Gasteiger partial charge in [-0.1, -0.05) is 0 Å². The molecule has 0 aliphatic carbocycles. The molecule has 0 amide bonds. The van der Waals surface area contributed by atoms with Crippen molar-refractivity contribution in [2.75, 3.05) is 14.2 Å². The minimum Gasteiger partial charge on any atom is -0.356 e. The van der Waals surface area contributed by atoms with Gasteiger partial charge < -0.3 is 34.5 Å². The first-order chi connectivity index (χ1) is 16.7. The van der Waals surface area contributed by atoms with E-state index in [-0.39, 0.29) is 30.2 Å². The summed E-state index contributed by atoms with van der Waals surface area (Å²) in [6.45, 7) is 3.97. The average molecular weight is 493 g/mol. The Morgan fingerprint density at radius 1 is 0.857 bits per heavy atom. The fourth-order valence-electron chi connectivity index (χ4n) is 3.14. The largest absolute Gasteiger partial charge is 0.356 e. The number of H-pyrrole nitrogens is 4. The standard InChI is InChI=1S/C10H11N3O2.C6H9N3O2.C6H12O3/c1-7-8(6-13-4-2-3-5-13)11-10(15)12-9(7)14;1-3-4(2-7)8-6(11)9-5(3)10;1-7-5-3-4-6(8-2)9-5/h2-5H,6H2,1H3,(H2,11,12,14,15);2,7H2,1H3,(H2,8,9,10,11);5-6H,3-4H2,1-2H3. The summed E-state index contributed by atoms with van der Waals surface area (Å²) < 4.78 is 17.0. The second-order valence-corrected chi connectivity index (χ2v) is 7.63. The molecule has 192 valence electrons. The Kier molecular flexibility index (Phi) is 10.6. The van der Waals surface area contributed by atoms with Gasteiger partial charge in [-0.15, -0.1) is 0 Å². The number of aromatic nitrogens is 5. The Morgan fingerprint density at radius 3 is 1.74 bits per heavy atom. The molecular weight excluding hydrogens is 460 g/mol. The lowest BCUT2D eigenvalue weighted by molar-refractivity contribution is -0.185. The molecule has 0 radical (unpaired) electrons. The summed E-state index contributed by atoms with van der Waals surface area (Å²) in [7, 11) is 3.28. The van der Waals surface area contributed by atoms with Crippen LogP contribution in [0, 0.1) is 13.8 Å². The Bertz CT molecular complexity index is 1280. The predicted molar refractivity (Wildman–Crippen MR) is 128 cm³/mol. The van der Waals surface area contributed by atoms with Crippen molar-refractivity contribution in [3.63, 3.8) is 0 Å². The van der Waals surface area contributed by atoms with Crippen LogP contribution < -0.4 is 28.2 Å². The summed E-state index contributed by atoms with van der Waals surface area (Å²) in [5.41, 5.74) is 5.71. The maximum Gasteiger partial charge on any atom is 0.325 e. The van der Waals surface area contributed by atoms with Gasteiger partial charge >= 0.3 is 11.4 Å². The van der Waals surface area contributed by atoms with Crippen molar-refractivity contribution in [1.82, 2.24) is 24.5 Å². The SMILES string of the molecule is COC1CCC(OC)O1.Cc1c(CN)[nH]c(=O)[nH]c1=O.Cc1c(Cn2cccc2)[nH]c(=O)[nH]c1=O. The second-order valence-electron chi connectivity index (χ2n) is 7.63. The Hall–Kier alpha value is -3.52. The first-order valence-electron chi connectivity index (χ1n) is 10.8. The Morgan fingerprint density at radius 2 is 1.31 bits per heavy atom. The molecule has 6 N–H and O–H groups in total. The summed E-state index contributed by atoms with van der Waals surface area (Å²) in [4.78, 5) is 53.2. The first-order valence-corrected chi connectivity index (χ1v) is 10.8. The topological polar surface area (TPSA) is 190 Å². The van der Waals surface area contributed by atoms with E-state index in [1.165, 1.54) is 0 Å². The molecule has 0 bridgehead atoms. The van der Waals surface area contributed by atoms with Crippen LogP contribution in [-0.2, 0) is 27.3 Å². The molecule has 13 nitrogen and oxygen atoms in total. The molecule has 0 spiro atoms. The number of aromatic amines is 4. The van der Waals surface area contributed by atoms with Crippen LogP contribution in [0.5, 0.6) is 0 Å². The molecule has 3 aromatic rings. The molecule has 3 aromatic heterocycles. The van der Waals surface area contributed by atoms with Crippen molar-refractivity contribution < 1.29 is 14.2 Å². The van der Waals surface area contributed by atoms with Gasteiger partial charge in [-0.25, -0.2) is 9.59 Å². The van der Waals surface area contributed by atoms with Gasteiger partial charge in [0.05, 0.1) is 6.54 Å². The van der Waals surface area contributed by atoms with Crippen molar-refractivity contribution >= 4 is 0 Å². The van der Waals surface area contributed by atoms with E-state index in [0.717, 1.165) is 12.8 Å². The van der Waals surface area contributed by atoms with Gasteiger partial charge in [0, 0.05) is 68.5 Å². The minimum absolute atomic E-state index is 0.0463. The molecule has 0 aromatic carbocycles. The van der Waals surface area contributed by atoms with Crippen molar-refractivity contribution in [2.45, 2.75) is 52.4 Å². The third-order valence-corrected chi connectivity index (χ3v) is 5.25. The van der Waals surface area contributed by atoms with E-state index in [2.05, 4.69) is 19.9 Å². The van der Waals surface area contributed by atoms with Crippen LogP contribution in [0.4, 0.5) is 0 Å². The minimum atomic E-state index is -0.513. The van der Waals surface area contributed by atoms with Gasteiger partial charge in [0.15, 0.2) is 12.6 Å². The van der Waals surface area contributed by atoms with Gasteiger partial charge in [0.2, 0.25) is 0 Å². The summed E-state index contributed by atoms with van der Waals surface area (Å²) in [5.74, 6) is 0. The van der Waals surface area contributed by atoms with Crippen molar-refractivity contribution in [3.05, 3.63) is 88.7 Å². The van der Waals surface area contributed by atoms with Crippen LogP contribution in [-0.4, -0.2) is 51.3 Å². The van der Waals surface area contributed by atoms with Crippen molar-refractivity contribution in [2.24, 2.45) is 5.73 Å². The average Bonchev–Trinajstić information content (AvgIpc) is 3.52. The lowest BCUT2D eigenvalue weighted by atomic mass is 10.2. The van der Waals surface area contributed by atoms with E-state index >= 15 is 0 Å². The van der Waals surface area contributed by atoms with Crippen LogP contribution in [0.2, 0.25) is 0 Å². The summed E-state index contributed by atoms with van der Waals surface area (Å²) >= 11 is 0. The van der Waals surface area contributed by atoms with Crippen LogP contribution in [0.3, 0.4) is 0 Å². The first kappa shape index (κ1) is 27.7. The highest BCUT2D eigenvalue weighted by atomic mass is 16.8. The van der Waals surface area contributed by atoms with Crippen LogP contribution in [0.25, 0.3) is 0 Å². The number of rotatable bonds is 5. The molecule has 35 heavy (non-hydrogen) atoms. The number of ether oxygens (including phenoxy) is 3. The summed E-state index contributed by atoms with van der Waals surface area (Å²) in [6, 6.07) is 3.78. The second kappa shape index (κ2) is 13.4. The Labute approximate surface area is 200 Å². The zero-order valence-electron chi connectivity index (χ0n) is 20.2. The van der Waals surface area contributed by atoms with E-state index in [1.807, 2.05) is 29.1 Å². The maximum absolute atomic E-state index is 11.3. The number of methoxy groups -OCH3 is 2. The third-order valence-electron chi connectivity index (χ3n) is 5.25. The molecule has 1 aliphatic rings. The highest BCUT2D eigenvalue weighted by Gasteiger charge is 2.23.